The Morgan fingerprint density at radius 1 is 1.48 bits per heavy atom. The van der Waals surface area contributed by atoms with Crippen LogP contribution in [0.3, 0.4) is 0 Å². The van der Waals surface area contributed by atoms with E-state index in [0.29, 0.717) is 35.0 Å². The highest BCUT2D eigenvalue weighted by molar-refractivity contribution is 6.30. The second kappa shape index (κ2) is 7.42. The Hall–Kier alpha value is -2.11. The van der Waals surface area contributed by atoms with Crippen molar-refractivity contribution >= 4 is 29.6 Å². The fourth-order valence-corrected chi connectivity index (χ4v) is 3.40. The van der Waals surface area contributed by atoms with E-state index in [9.17, 15) is 9.59 Å². The van der Waals surface area contributed by atoms with Crippen LogP contribution < -0.4 is 0 Å². The van der Waals surface area contributed by atoms with Crippen molar-refractivity contribution in [1.29, 1.82) is 0 Å². The SMILES string of the molecule is COC(=O)C1=C(C)N(CC2CCCO2)C(=O)C1=Cc1cccc(Cl)c1. The first-order valence-electron chi connectivity index (χ1n) is 8.21. The smallest absolute Gasteiger partial charge is 0.340 e. The number of methoxy groups -OCH3 is 1. The predicted molar refractivity (Wildman–Crippen MR) is 94.8 cm³/mol. The molecule has 6 heteroatoms. The first kappa shape index (κ1) is 17.7. The van der Waals surface area contributed by atoms with E-state index in [0.717, 1.165) is 18.4 Å². The summed E-state index contributed by atoms with van der Waals surface area (Å²) in [7, 11) is 1.31. The monoisotopic (exact) mass is 361 g/mol. The van der Waals surface area contributed by atoms with Gasteiger partial charge in [0.15, 0.2) is 0 Å². The first-order valence-corrected chi connectivity index (χ1v) is 8.59. The standard InChI is InChI=1S/C19H20ClNO4/c1-12-17(19(23)24-2)16(10-13-5-3-6-14(20)9-13)18(22)21(12)11-15-7-4-8-25-15/h3,5-6,9-10,15H,4,7-8,11H2,1-2H3. The minimum absolute atomic E-state index is 0.00307. The molecule has 1 saturated heterocycles. The van der Waals surface area contributed by atoms with Gasteiger partial charge in [-0.25, -0.2) is 4.79 Å². The normalized spacial score (nSPS) is 22.2. The third kappa shape index (κ3) is 3.62. The second-order valence-corrected chi connectivity index (χ2v) is 6.55. The van der Waals surface area contributed by atoms with Gasteiger partial charge in [-0.15, -0.1) is 0 Å². The van der Waals surface area contributed by atoms with Crippen LogP contribution in [-0.2, 0) is 19.1 Å². The lowest BCUT2D eigenvalue weighted by molar-refractivity contribution is -0.136. The fourth-order valence-electron chi connectivity index (χ4n) is 3.20. The largest absolute Gasteiger partial charge is 0.465 e. The molecular formula is C19H20ClNO4. The first-order chi connectivity index (χ1) is 12.0. The molecule has 1 aromatic rings. The molecule has 2 aliphatic heterocycles. The molecule has 5 nitrogen and oxygen atoms in total. The molecule has 2 aliphatic rings. The number of benzene rings is 1. The number of amides is 1. The highest BCUT2D eigenvalue weighted by Gasteiger charge is 2.38. The number of hydrogen-bond donors (Lipinski definition) is 0. The summed E-state index contributed by atoms with van der Waals surface area (Å²) < 4.78 is 10.5. The molecule has 1 unspecified atom stereocenters. The molecule has 25 heavy (non-hydrogen) atoms. The molecule has 3 rings (SSSR count). The van der Waals surface area contributed by atoms with E-state index in [2.05, 4.69) is 0 Å². The third-order valence-electron chi connectivity index (χ3n) is 4.47. The fraction of sp³-hybridized carbons (Fsp3) is 0.368. The van der Waals surface area contributed by atoms with Crippen LogP contribution in [0, 0.1) is 0 Å². The molecule has 0 radical (unpaired) electrons. The number of esters is 1. The number of ether oxygens (including phenoxy) is 2. The third-order valence-corrected chi connectivity index (χ3v) is 4.71. The van der Waals surface area contributed by atoms with Crippen LogP contribution in [0.5, 0.6) is 0 Å². The molecule has 0 aromatic heterocycles. The minimum atomic E-state index is -0.519. The van der Waals surface area contributed by atoms with E-state index in [-0.39, 0.29) is 12.0 Å². The van der Waals surface area contributed by atoms with Crippen molar-refractivity contribution in [2.24, 2.45) is 0 Å². The summed E-state index contributed by atoms with van der Waals surface area (Å²) in [5.41, 5.74) is 1.97. The van der Waals surface area contributed by atoms with Gasteiger partial charge in [-0.1, -0.05) is 23.7 Å². The average molecular weight is 362 g/mol. The quantitative estimate of drug-likeness (QED) is 0.610. The zero-order valence-electron chi connectivity index (χ0n) is 14.3. The summed E-state index contributed by atoms with van der Waals surface area (Å²) in [5, 5.41) is 0.566. The van der Waals surface area contributed by atoms with E-state index in [1.54, 1.807) is 36.1 Å². The van der Waals surface area contributed by atoms with E-state index in [4.69, 9.17) is 21.1 Å². The molecule has 132 valence electrons. The maximum absolute atomic E-state index is 12.9. The van der Waals surface area contributed by atoms with E-state index in [1.807, 2.05) is 6.07 Å². The number of rotatable bonds is 4. The number of halogens is 1. The summed E-state index contributed by atoms with van der Waals surface area (Å²) in [6, 6.07) is 7.13. The molecule has 1 amide bonds. The van der Waals surface area contributed by atoms with Crippen molar-refractivity contribution in [2.45, 2.75) is 25.9 Å². The molecule has 1 fully saturated rings. The van der Waals surface area contributed by atoms with Gasteiger partial charge in [0.25, 0.3) is 5.91 Å². The van der Waals surface area contributed by atoms with E-state index < -0.39 is 5.97 Å². The molecule has 0 N–H and O–H groups in total. The summed E-state index contributed by atoms with van der Waals surface area (Å²) in [5.74, 6) is -0.734. The topological polar surface area (TPSA) is 55.8 Å². The molecule has 2 heterocycles. The molecule has 0 aliphatic carbocycles. The van der Waals surface area contributed by atoms with Crippen LogP contribution >= 0.6 is 11.6 Å². The molecule has 1 aromatic carbocycles. The second-order valence-electron chi connectivity index (χ2n) is 6.12. The molecular weight excluding hydrogens is 342 g/mol. The van der Waals surface area contributed by atoms with Crippen LogP contribution in [0.15, 0.2) is 41.1 Å². The molecule has 0 bridgehead atoms. The Morgan fingerprint density at radius 2 is 2.28 bits per heavy atom. The van der Waals surface area contributed by atoms with Gasteiger partial charge in [0.1, 0.15) is 0 Å². The summed E-state index contributed by atoms with van der Waals surface area (Å²) in [6.07, 6.45) is 3.59. The maximum Gasteiger partial charge on any atom is 0.340 e. The van der Waals surface area contributed by atoms with Gasteiger partial charge >= 0.3 is 5.97 Å². The predicted octanol–water partition coefficient (Wildman–Crippen LogP) is 3.19. The van der Waals surface area contributed by atoms with Gasteiger partial charge in [0.05, 0.1) is 30.9 Å². The summed E-state index contributed by atoms with van der Waals surface area (Å²) in [4.78, 5) is 26.8. The van der Waals surface area contributed by atoms with Gasteiger partial charge in [-0.2, -0.15) is 0 Å². The number of carbonyl (C=O) groups is 2. The number of allylic oxidation sites excluding steroid dienone is 1. The lowest BCUT2D eigenvalue weighted by Crippen LogP contribution is -2.33. The Balaban J connectivity index is 1.98. The van der Waals surface area contributed by atoms with Crippen LogP contribution in [0.25, 0.3) is 6.08 Å². The molecule has 1 atom stereocenters. The Labute approximate surface area is 151 Å². The van der Waals surface area contributed by atoms with Crippen LogP contribution in [-0.4, -0.2) is 43.1 Å². The van der Waals surface area contributed by atoms with Crippen molar-refractivity contribution in [1.82, 2.24) is 4.90 Å². The van der Waals surface area contributed by atoms with Crippen LogP contribution in [0.4, 0.5) is 0 Å². The maximum atomic E-state index is 12.9. The number of carbonyl (C=O) groups excluding carboxylic acids is 2. The van der Waals surface area contributed by atoms with E-state index in [1.165, 1.54) is 7.11 Å². The van der Waals surface area contributed by atoms with Gasteiger partial charge < -0.3 is 14.4 Å². The lowest BCUT2D eigenvalue weighted by Gasteiger charge is -2.21. The number of hydrogen-bond acceptors (Lipinski definition) is 4. The number of nitrogens with zero attached hydrogens (tertiary/aromatic N) is 1. The van der Waals surface area contributed by atoms with Crippen LogP contribution in [0.2, 0.25) is 5.02 Å². The van der Waals surface area contributed by atoms with Crippen LogP contribution in [0.1, 0.15) is 25.3 Å². The highest BCUT2D eigenvalue weighted by Crippen LogP contribution is 2.33. The van der Waals surface area contributed by atoms with Gasteiger partial charge in [-0.05, 0) is 43.5 Å². The van der Waals surface area contributed by atoms with Gasteiger partial charge in [-0.3, -0.25) is 4.79 Å². The zero-order chi connectivity index (χ0) is 18.0. The average Bonchev–Trinajstić information content (AvgIpc) is 3.18. The highest BCUT2D eigenvalue weighted by atomic mass is 35.5. The van der Waals surface area contributed by atoms with Crippen molar-refractivity contribution in [3.05, 3.63) is 51.7 Å². The lowest BCUT2D eigenvalue weighted by atomic mass is 10.0. The molecule has 0 spiro atoms. The Morgan fingerprint density at radius 3 is 2.92 bits per heavy atom. The zero-order valence-corrected chi connectivity index (χ0v) is 15.0. The molecule has 0 saturated carbocycles. The minimum Gasteiger partial charge on any atom is -0.465 e. The van der Waals surface area contributed by atoms with Gasteiger partial charge in [0.2, 0.25) is 0 Å². The summed E-state index contributed by atoms with van der Waals surface area (Å²) in [6.45, 7) is 2.92. The van der Waals surface area contributed by atoms with Gasteiger partial charge in [0, 0.05) is 17.3 Å². The van der Waals surface area contributed by atoms with E-state index >= 15 is 0 Å². The summed E-state index contributed by atoms with van der Waals surface area (Å²) >= 11 is 6.02. The Bertz CT molecular complexity index is 762. The van der Waals surface area contributed by atoms with Crippen molar-refractivity contribution in [2.75, 3.05) is 20.3 Å². The van der Waals surface area contributed by atoms with Crippen molar-refractivity contribution in [3.63, 3.8) is 0 Å². The van der Waals surface area contributed by atoms with Crippen molar-refractivity contribution in [3.8, 4) is 0 Å². The Kier molecular flexibility index (Phi) is 5.25. The van der Waals surface area contributed by atoms with Crippen molar-refractivity contribution < 1.29 is 19.1 Å².